The Morgan fingerprint density at radius 3 is 2.87 bits per heavy atom. The topological polar surface area (TPSA) is 9.23 Å². The maximum atomic E-state index is 13.2. The standard InChI is InChI=1S/C12H7ClFO/c13-9-4-3-5-10(8-9)15-12-7-2-1-6-11(12)14/h2-8H. The van der Waals surface area contributed by atoms with Crippen LogP contribution in [0.1, 0.15) is 0 Å². The van der Waals surface area contributed by atoms with Gasteiger partial charge in [0.2, 0.25) is 0 Å². The van der Waals surface area contributed by atoms with Crippen LogP contribution in [0.3, 0.4) is 0 Å². The highest BCUT2D eigenvalue weighted by molar-refractivity contribution is 6.30. The van der Waals surface area contributed by atoms with Crippen LogP contribution in [0.15, 0.2) is 42.5 Å². The highest BCUT2D eigenvalue weighted by atomic mass is 35.5. The van der Waals surface area contributed by atoms with Crippen LogP contribution >= 0.6 is 11.6 Å². The van der Waals surface area contributed by atoms with Gasteiger partial charge in [-0.25, -0.2) is 4.39 Å². The summed E-state index contributed by atoms with van der Waals surface area (Å²) in [6, 6.07) is 13.7. The van der Waals surface area contributed by atoms with Crippen LogP contribution in [0.2, 0.25) is 5.02 Å². The molecule has 0 aromatic heterocycles. The maximum Gasteiger partial charge on any atom is 0.166 e. The van der Waals surface area contributed by atoms with Crippen molar-refractivity contribution < 1.29 is 9.13 Å². The van der Waals surface area contributed by atoms with E-state index in [0.717, 1.165) is 0 Å². The van der Waals surface area contributed by atoms with Crippen molar-refractivity contribution in [3.05, 3.63) is 59.4 Å². The third-order valence-electron chi connectivity index (χ3n) is 1.80. The molecule has 75 valence electrons. The molecule has 0 heterocycles. The quantitative estimate of drug-likeness (QED) is 0.743. The van der Waals surface area contributed by atoms with Gasteiger partial charge in [-0.15, -0.1) is 0 Å². The molecule has 1 radical (unpaired) electrons. The first-order valence-electron chi connectivity index (χ1n) is 4.35. The molecule has 0 amide bonds. The van der Waals surface area contributed by atoms with E-state index >= 15 is 0 Å². The van der Waals surface area contributed by atoms with Crippen molar-refractivity contribution >= 4 is 11.6 Å². The number of hydrogen-bond donors (Lipinski definition) is 0. The van der Waals surface area contributed by atoms with Crippen LogP contribution in [0.25, 0.3) is 0 Å². The monoisotopic (exact) mass is 221 g/mol. The van der Waals surface area contributed by atoms with Crippen molar-refractivity contribution in [3.63, 3.8) is 0 Å². The summed E-state index contributed by atoms with van der Waals surface area (Å²) in [6.45, 7) is 0. The van der Waals surface area contributed by atoms with E-state index in [1.807, 2.05) is 0 Å². The fraction of sp³-hybridized carbons (Fsp3) is 0. The molecule has 2 aromatic rings. The Balaban J connectivity index is 2.26. The molecule has 1 nitrogen and oxygen atoms in total. The molecule has 2 rings (SSSR count). The van der Waals surface area contributed by atoms with Gasteiger partial charge in [0.25, 0.3) is 0 Å². The lowest BCUT2D eigenvalue weighted by Gasteiger charge is -2.06. The summed E-state index contributed by atoms with van der Waals surface area (Å²) in [5, 5.41) is 0.551. The van der Waals surface area contributed by atoms with Crippen molar-refractivity contribution in [2.75, 3.05) is 0 Å². The van der Waals surface area contributed by atoms with Crippen molar-refractivity contribution in [1.82, 2.24) is 0 Å². The van der Waals surface area contributed by atoms with E-state index in [9.17, 15) is 4.39 Å². The molecule has 0 spiro atoms. The third-order valence-corrected chi connectivity index (χ3v) is 2.04. The predicted molar refractivity (Wildman–Crippen MR) is 56.8 cm³/mol. The Morgan fingerprint density at radius 2 is 2.13 bits per heavy atom. The normalized spacial score (nSPS) is 10.0. The molecule has 0 unspecified atom stereocenters. The van der Waals surface area contributed by atoms with E-state index in [1.54, 1.807) is 30.3 Å². The van der Waals surface area contributed by atoms with Crippen LogP contribution < -0.4 is 4.74 Å². The summed E-state index contributed by atoms with van der Waals surface area (Å²) >= 11 is 5.77. The van der Waals surface area contributed by atoms with Crippen LogP contribution in [0.4, 0.5) is 4.39 Å². The van der Waals surface area contributed by atoms with Crippen LogP contribution in [-0.4, -0.2) is 0 Å². The number of hydrogen-bond acceptors (Lipinski definition) is 1. The summed E-state index contributed by atoms with van der Waals surface area (Å²) in [6.07, 6.45) is 0. The molecule has 0 saturated carbocycles. The predicted octanol–water partition coefficient (Wildman–Crippen LogP) is 4.07. The number of ether oxygens (including phenoxy) is 1. The van der Waals surface area contributed by atoms with E-state index in [-0.39, 0.29) is 5.75 Å². The first-order chi connectivity index (χ1) is 7.25. The summed E-state index contributed by atoms with van der Waals surface area (Å²) in [5.41, 5.74) is 0. The lowest BCUT2D eigenvalue weighted by Crippen LogP contribution is -1.87. The second-order valence-electron chi connectivity index (χ2n) is 2.92. The van der Waals surface area contributed by atoms with E-state index in [1.165, 1.54) is 12.1 Å². The van der Waals surface area contributed by atoms with Crippen molar-refractivity contribution in [1.29, 1.82) is 0 Å². The van der Waals surface area contributed by atoms with Crippen LogP contribution in [-0.2, 0) is 0 Å². The van der Waals surface area contributed by atoms with E-state index in [0.29, 0.717) is 10.8 Å². The Bertz CT molecular complexity index is 471. The van der Waals surface area contributed by atoms with E-state index in [4.69, 9.17) is 16.3 Å². The summed E-state index contributed by atoms with van der Waals surface area (Å²) in [7, 11) is 0. The fourth-order valence-electron chi connectivity index (χ4n) is 1.14. The van der Waals surface area contributed by atoms with Crippen molar-refractivity contribution in [3.8, 4) is 11.5 Å². The lowest BCUT2D eigenvalue weighted by molar-refractivity contribution is 0.442. The molecule has 0 atom stereocenters. The summed E-state index contributed by atoms with van der Waals surface area (Å²) in [4.78, 5) is 0. The molecular formula is C12H7ClFO. The molecule has 0 aliphatic rings. The van der Waals surface area contributed by atoms with E-state index < -0.39 is 5.82 Å². The van der Waals surface area contributed by atoms with Crippen molar-refractivity contribution in [2.45, 2.75) is 0 Å². The number of halogens is 2. The largest absolute Gasteiger partial charge is 0.454 e. The van der Waals surface area contributed by atoms with Gasteiger partial charge >= 0.3 is 0 Å². The fourth-order valence-corrected chi connectivity index (χ4v) is 1.32. The molecule has 0 aliphatic carbocycles. The minimum Gasteiger partial charge on any atom is -0.454 e. The number of benzene rings is 2. The molecule has 0 saturated heterocycles. The van der Waals surface area contributed by atoms with Gasteiger partial charge in [0.05, 0.1) is 0 Å². The molecule has 0 aliphatic heterocycles. The summed E-state index contributed by atoms with van der Waals surface area (Å²) in [5.74, 6) is 0.223. The van der Waals surface area contributed by atoms with Gasteiger partial charge in [0.15, 0.2) is 11.6 Å². The lowest BCUT2D eigenvalue weighted by atomic mass is 10.3. The molecule has 15 heavy (non-hydrogen) atoms. The van der Waals surface area contributed by atoms with Gasteiger partial charge in [0, 0.05) is 5.02 Å². The van der Waals surface area contributed by atoms with Crippen LogP contribution in [0, 0.1) is 11.9 Å². The highest BCUT2D eigenvalue weighted by Gasteiger charge is 2.03. The van der Waals surface area contributed by atoms with Gasteiger partial charge in [-0.2, -0.15) is 0 Å². The first kappa shape index (κ1) is 9.99. The maximum absolute atomic E-state index is 13.2. The molecule has 3 heteroatoms. The second kappa shape index (κ2) is 4.32. The average Bonchev–Trinajstić information content (AvgIpc) is 2.22. The smallest absolute Gasteiger partial charge is 0.166 e. The minimum absolute atomic E-state index is 0.163. The molecule has 0 N–H and O–H groups in total. The first-order valence-corrected chi connectivity index (χ1v) is 4.72. The van der Waals surface area contributed by atoms with Gasteiger partial charge in [-0.05, 0) is 36.4 Å². The molecule has 2 aromatic carbocycles. The zero-order chi connectivity index (χ0) is 10.7. The third kappa shape index (κ3) is 2.48. The van der Waals surface area contributed by atoms with E-state index in [2.05, 4.69) is 6.07 Å². The van der Waals surface area contributed by atoms with Gasteiger partial charge in [0.1, 0.15) is 5.75 Å². The van der Waals surface area contributed by atoms with Gasteiger partial charge < -0.3 is 4.74 Å². The molecular weight excluding hydrogens is 215 g/mol. The van der Waals surface area contributed by atoms with Crippen molar-refractivity contribution in [2.24, 2.45) is 0 Å². The Kier molecular flexibility index (Phi) is 2.88. The molecule has 0 bridgehead atoms. The highest BCUT2D eigenvalue weighted by Crippen LogP contribution is 2.25. The second-order valence-corrected chi connectivity index (χ2v) is 3.35. The molecule has 0 fully saturated rings. The van der Waals surface area contributed by atoms with Crippen LogP contribution in [0.5, 0.6) is 11.5 Å². The Hall–Kier alpha value is -1.54. The zero-order valence-electron chi connectivity index (χ0n) is 7.71. The Morgan fingerprint density at radius 1 is 1.27 bits per heavy atom. The minimum atomic E-state index is -0.447. The number of rotatable bonds is 2. The van der Waals surface area contributed by atoms with Gasteiger partial charge in [-0.3, -0.25) is 0 Å². The van der Waals surface area contributed by atoms with Gasteiger partial charge in [-0.1, -0.05) is 23.7 Å². The Labute approximate surface area is 92.1 Å². The summed E-state index contributed by atoms with van der Waals surface area (Å²) < 4.78 is 18.5. The SMILES string of the molecule is Fc1c[c]ccc1Oc1cccc(Cl)c1. The zero-order valence-corrected chi connectivity index (χ0v) is 8.46. The average molecular weight is 222 g/mol.